The molecular formula is C32H39ClF3N5O3. The lowest BCUT2D eigenvalue weighted by Gasteiger charge is -2.35. The molecule has 2 heterocycles. The molecule has 3 aromatic rings. The Labute approximate surface area is 261 Å². The van der Waals surface area contributed by atoms with Crippen LogP contribution in [0.25, 0.3) is 11.0 Å². The number of rotatable bonds is 7. The van der Waals surface area contributed by atoms with Gasteiger partial charge in [0.25, 0.3) is 0 Å². The first-order valence-electron chi connectivity index (χ1n) is 14.7. The van der Waals surface area contributed by atoms with Crippen molar-refractivity contribution in [2.75, 3.05) is 12.4 Å². The van der Waals surface area contributed by atoms with Crippen LogP contribution >= 0.6 is 12.4 Å². The fourth-order valence-electron chi connectivity index (χ4n) is 5.84. The first-order chi connectivity index (χ1) is 20.3. The number of ether oxygens (including phenoxy) is 1. The number of alkyl carbamates (subject to hydrolysis) is 1. The maximum absolute atomic E-state index is 14.4. The van der Waals surface area contributed by atoms with Gasteiger partial charge < -0.3 is 20.3 Å². The predicted molar refractivity (Wildman–Crippen MR) is 165 cm³/mol. The molecule has 5 rings (SSSR count). The summed E-state index contributed by atoms with van der Waals surface area (Å²) in [5.74, 6) is -0.731. The molecule has 12 heteroatoms. The quantitative estimate of drug-likeness (QED) is 0.275. The number of carbonyl (C=O) groups excluding carboxylic acids is 2. The first kappa shape index (κ1) is 33.3. The van der Waals surface area contributed by atoms with E-state index in [1.165, 1.54) is 19.2 Å². The highest BCUT2D eigenvalue weighted by atomic mass is 35.5. The van der Waals surface area contributed by atoms with Crippen molar-refractivity contribution in [2.45, 2.75) is 89.1 Å². The number of carbonyl (C=O) groups is 2. The predicted octanol–water partition coefficient (Wildman–Crippen LogP) is 7.82. The van der Waals surface area contributed by atoms with Crippen molar-refractivity contribution in [2.24, 2.45) is 5.92 Å². The van der Waals surface area contributed by atoms with E-state index in [4.69, 9.17) is 4.74 Å². The molecule has 2 aromatic heterocycles. The minimum absolute atomic E-state index is 0. The Morgan fingerprint density at radius 1 is 0.977 bits per heavy atom. The first-order valence-corrected chi connectivity index (χ1v) is 14.7. The number of hydrogen-bond donors (Lipinski definition) is 2. The number of amides is 2. The van der Waals surface area contributed by atoms with E-state index in [0.717, 1.165) is 40.0 Å². The van der Waals surface area contributed by atoms with Gasteiger partial charge in [-0.1, -0.05) is 12.1 Å². The minimum atomic E-state index is -4.66. The third-order valence-electron chi connectivity index (χ3n) is 8.00. The van der Waals surface area contributed by atoms with E-state index in [2.05, 4.69) is 20.6 Å². The van der Waals surface area contributed by atoms with Gasteiger partial charge in [-0.25, -0.2) is 4.79 Å². The molecule has 0 radical (unpaired) electrons. The summed E-state index contributed by atoms with van der Waals surface area (Å²) >= 11 is 0. The highest BCUT2D eigenvalue weighted by Gasteiger charge is 2.46. The molecule has 2 aliphatic carbocycles. The highest BCUT2D eigenvalue weighted by Crippen LogP contribution is 2.46. The fourth-order valence-corrected chi connectivity index (χ4v) is 5.84. The molecule has 238 valence electrons. The normalized spacial score (nSPS) is 19.4. The number of hydrogen-bond acceptors (Lipinski definition) is 6. The molecule has 0 saturated heterocycles. The van der Waals surface area contributed by atoms with Crippen LogP contribution in [0.15, 0.2) is 48.8 Å². The Balaban J connectivity index is 0.00000442. The van der Waals surface area contributed by atoms with Crippen molar-refractivity contribution in [1.82, 2.24) is 20.2 Å². The molecule has 1 atom stereocenters. The van der Waals surface area contributed by atoms with Crippen molar-refractivity contribution in [3.05, 3.63) is 59.9 Å². The standard InChI is InChI=1S/C32H38F3N5O3.ClH/c1-31(2,3)43-30(42)39-23-15-11-21(12-16-23)29(41)40(4)28(32(33,34)35)20-9-13-22(14-10-20)38-25-18-37-24-6-5-17-36-27(24)26(25)19-7-8-19;/h5-6,9-10,13-14,17-19,21,23,28,38H,7-8,11-12,15-16H2,1-4H3,(H,39,42);1H/t21?,23?,28-;/m0./s1. The number of nitrogens with one attached hydrogen (secondary N) is 2. The van der Waals surface area contributed by atoms with E-state index < -0.39 is 35.7 Å². The number of halogens is 4. The topological polar surface area (TPSA) is 96.5 Å². The van der Waals surface area contributed by atoms with E-state index in [1.54, 1.807) is 45.3 Å². The number of anilines is 2. The molecule has 0 unspecified atom stereocenters. The summed E-state index contributed by atoms with van der Waals surface area (Å²) in [6.07, 6.45) is 2.13. The summed E-state index contributed by atoms with van der Waals surface area (Å²) in [4.78, 5) is 35.2. The van der Waals surface area contributed by atoms with Gasteiger partial charge in [-0.05, 0) is 95.0 Å². The third kappa shape index (κ3) is 7.91. The second-order valence-electron chi connectivity index (χ2n) is 12.6. The van der Waals surface area contributed by atoms with Crippen LogP contribution in [-0.4, -0.2) is 51.7 Å². The largest absolute Gasteiger partial charge is 0.444 e. The smallest absolute Gasteiger partial charge is 0.413 e. The zero-order valence-electron chi connectivity index (χ0n) is 25.3. The highest BCUT2D eigenvalue weighted by molar-refractivity contribution is 5.86. The van der Waals surface area contributed by atoms with Gasteiger partial charge in [0.2, 0.25) is 5.91 Å². The summed E-state index contributed by atoms with van der Waals surface area (Å²) < 4.78 is 48.4. The van der Waals surface area contributed by atoms with E-state index in [-0.39, 0.29) is 24.0 Å². The zero-order valence-corrected chi connectivity index (χ0v) is 26.1. The van der Waals surface area contributed by atoms with Gasteiger partial charge in [0.1, 0.15) is 5.60 Å². The van der Waals surface area contributed by atoms with Gasteiger partial charge in [0.05, 0.1) is 22.9 Å². The van der Waals surface area contributed by atoms with E-state index >= 15 is 0 Å². The van der Waals surface area contributed by atoms with Crippen LogP contribution in [-0.2, 0) is 9.53 Å². The lowest BCUT2D eigenvalue weighted by Crippen LogP contribution is -2.45. The second kappa shape index (κ2) is 13.2. The Morgan fingerprint density at radius 3 is 2.23 bits per heavy atom. The molecule has 2 amide bonds. The van der Waals surface area contributed by atoms with Crippen LogP contribution in [0.5, 0.6) is 0 Å². The molecule has 2 fully saturated rings. The van der Waals surface area contributed by atoms with Crippen LogP contribution < -0.4 is 10.6 Å². The maximum atomic E-state index is 14.4. The number of alkyl halides is 3. The Morgan fingerprint density at radius 2 is 1.64 bits per heavy atom. The molecule has 8 nitrogen and oxygen atoms in total. The monoisotopic (exact) mass is 633 g/mol. The molecule has 1 aromatic carbocycles. The van der Waals surface area contributed by atoms with Crippen molar-refractivity contribution < 1.29 is 27.5 Å². The van der Waals surface area contributed by atoms with Gasteiger partial charge in [-0.3, -0.25) is 14.8 Å². The zero-order chi connectivity index (χ0) is 30.9. The third-order valence-corrected chi connectivity index (χ3v) is 8.00. The Kier molecular flexibility index (Phi) is 9.97. The maximum Gasteiger partial charge on any atom is 0.413 e. The van der Waals surface area contributed by atoms with Crippen molar-refractivity contribution >= 4 is 46.8 Å². The second-order valence-corrected chi connectivity index (χ2v) is 12.6. The molecule has 2 saturated carbocycles. The molecular weight excluding hydrogens is 595 g/mol. The van der Waals surface area contributed by atoms with Crippen LogP contribution in [0.3, 0.4) is 0 Å². The summed E-state index contributed by atoms with van der Waals surface area (Å²) in [6.45, 7) is 5.30. The Bertz CT molecular complexity index is 1470. The summed E-state index contributed by atoms with van der Waals surface area (Å²) in [5, 5.41) is 6.12. The van der Waals surface area contributed by atoms with E-state index in [0.29, 0.717) is 37.3 Å². The number of aromatic nitrogens is 2. The van der Waals surface area contributed by atoms with Gasteiger partial charge in [-0.15, -0.1) is 12.4 Å². The lowest BCUT2D eigenvalue weighted by molar-refractivity contribution is -0.191. The number of fused-ring (bicyclic) bond motifs is 1. The van der Waals surface area contributed by atoms with E-state index in [9.17, 15) is 22.8 Å². The van der Waals surface area contributed by atoms with Crippen LogP contribution in [0.4, 0.5) is 29.3 Å². The molecule has 0 spiro atoms. The lowest BCUT2D eigenvalue weighted by atomic mass is 9.84. The van der Waals surface area contributed by atoms with Crippen LogP contribution in [0.1, 0.15) is 82.4 Å². The molecule has 2 aliphatic rings. The average Bonchev–Trinajstić information content (AvgIpc) is 3.77. The SMILES string of the molecule is CN(C(=O)C1CCC(NC(=O)OC(C)(C)C)CC1)[C@@H](c1ccc(Nc2cnc3cccnc3c2C2CC2)cc1)C(F)(F)F.Cl. The molecule has 0 aliphatic heterocycles. The van der Waals surface area contributed by atoms with Crippen LogP contribution in [0.2, 0.25) is 0 Å². The molecule has 2 N–H and O–H groups in total. The summed E-state index contributed by atoms with van der Waals surface area (Å²) in [7, 11) is 1.22. The average molecular weight is 634 g/mol. The minimum Gasteiger partial charge on any atom is -0.444 e. The number of benzene rings is 1. The number of nitrogens with zero attached hydrogens (tertiary/aromatic N) is 3. The molecule has 0 bridgehead atoms. The van der Waals surface area contributed by atoms with Gasteiger partial charge in [0, 0.05) is 36.5 Å². The van der Waals surface area contributed by atoms with Gasteiger partial charge >= 0.3 is 12.3 Å². The van der Waals surface area contributed by atoms with E-state index in [1.807, 2.05) is 12.1 Å². The van der Waals surface area contributed by atoms with Crippen molar-refractivity contribution in [3.63, 3.8) is 0 Å². The fraction of sp³-hybridized carbons (Fsp3) is 0.500. The van der Waals surface area contributed by atoms with Gasteiger partial charge in [-0.2, -0.15) is 13.2 Å². The molecule has 44 heavy (non-hydrogen) atoms. The van der Waals surface area contributed by atoms with Crippen molar-refractivity contribution in [3.8, 4) is 0 Å². The van der Waals surface area contributed by atoms with Crippen LogP contribution in [0, 0.1) is 5.92 Å². The number of pyridine rings is 2. The summed E-state index contributed by atoms with van der Waals surface area (Å²) in [6, 6.07) is 7.50. The Hall–Kier alpha value is -3.60. The van der Waals surface area contributed by atoms with Crippen molar-refractivity contribution in [1.29, 1.82) is 0 Å². The van der Waals surface area contributed by atoms with Gasteiger partial charge in [0.15, 0.2) is 6.04 Å². The summed E-state index contributed by atoms with van der Waals surface area (Å²) in [5.41, 5.74) is 3.47.